The molecule has 0 unspecified atom stereocenters. The van der Waals surface area contributed by atoms with Crippen LogP contribution in [-0.2, 0) is 15.4 Å². The minimum Gasteiger partial charge on any atom is -0.497 e. The van der Waals surface area contributed by atoms with Gasteiger partial charge in [0, 0.05) is 31.5 Å². The van der Waals surface area contributed by atoms with Crippen molar-refractivity contribution in [3.63, 3.8) is 0 Å². The van der Waals surface area contributed by atoms with Gasteiger partial charge < -0.3 is 4.74 Å². The smallest absolute Gasteiger partial charge is 0.243 e. The highest BCUT2D eigenvalue weighted by Crippen LogP contribution is 2.37. The zero-order valence-electron chi connectivity index (χ0n) is 20.5. The lowest BCUT2D eigenvalue weighted by Crippen LogP contribution is -2.44. The number of benzene rings is 2. The Morgan fingerprint density at radius 1 is 1.00 bits per heavy atom. The molecular weight excluding hydrogens is 466 g/mol. The Morgan fingerprint density at radius 2 is 1.62 bits per heavy atom. The molecule has 4 rings (SSSR count). The van der Waals surface area contributed by atoms with E-state index in [4.69, 9.17) is 14.7 Å². The van der Waals surface area contributed by atoms with Crippen LogP contribution in [0.2, 0.25) is 0 Å². The number of piperidine rings is 1. The van der Waals surface area contributed by atoms with Gasteiger partial charge in [0.1, 0.15) is 10.8 Å². The van der Waals surface area contributed by atoms with Crippen LogP contribution in [0.4, 0.5) is 0 Å². The predicted molar refractivity (Wildman–Crippen MR) is 141 cm³/mol. The lowest BCUT2D eigenvalue weighted by molar-refractivity contribution is 0.249. The summed E-state index contributed by atoms with van der Waals surface area (Å²) in [5, 5.41) is 0.932. The summed E-state index contributed by atoms with van der Waals surface area (Å²) in [6, 6.07) is 15.1. The average Bonchev–Trinajstić information content (AvgIpc) is 3.16. The number of nitrogens with zero attached hydrogens (tertiary/aromatic N) is 3. The number of thioether (sulfide) groups is 1. The predicted octanol–water partition coefficient (Wildman–Crippen LogP) is 5.13. The molecule has 1 saturated heterocycles. The zero-order valence-corrected chi connectivity index (χ0v) is 22.2. The Morgan fingerprint density at radius 3 is 2.15 bits per heavy atom. The molecule has 182 valence electrons. The summed E-state index contributed by atoms with van der Waals surface area (Å²) < 4.78 is 33.5. The summed E-state index contributed by atoms with van der Waals surface area (Å²) >= 11 is 1.68. The first kappa shape index (κ1) is 24.9. The summed E-state index contributed by atoms with van der Waals surface area (Å²) in [5.41, 5.74) is 2.41. The number of hydrogen-bond donors (Lipinski definition) is 0. The minimum absolute atomic E-state index is 0.0198. The van der Waals surface area contributed by atoms with Crippen molar-refractivity contribution in [2.45, 2.75) is 56.5 Å². The molecule has 0 atom stereocenters. The summed E-state index contributed by atoms with van der Waals surface area (Å²) in [4.78, 5) is 10.4. The average molecular weight is 500 g/mol. The van der Waals surface area contributed by atoms with Crippen LogP contribution >= 0.6 is 11.8 Å². The summed E-state index contributed by atoms with van der Waals surface area (Å²) in [7, 11) is -1.90. The van der Waals surface area contributed by atoms with E-state index >= 15 is 0 Å². The van der Waals surface area contributed by atoms with Crippen molar-refractivity contribution in [1.29, 1.82) is 0 Å². The van der Waals surface area contributed by atoms with Gasteiger partial charge in [-0.25, -0.2) is 13.4 Å². The first-order chi connectivity index (χ1) is 16.1. The van der Waals surface area contributed by atoms with Gasteiger partial charge in [0.15, 0.2) is 5.66 Å². The number of rotatable bonds is 5. The van der Waals surface area contributed by atoms with Crippen molar-refractivity contribution >= 4 is 32.5 Å². The van der Waals surface area contributed by atoms with E-state index in [9.17, 15) is 8.42 Å². The summed E-state index contributed by atoms with van der Waals surface area (Å²) in [6.45, 7) is 9.26. The van der Waals surface area contributed by atoms with Crippen LogP contribution in [-0.4, -0.2) is 55.1 Å². The van der Waals surface area contributed by atoms with Crippen molar-refractivity contribution < 1.29 is 13.2 Å². The van der Waals surface area contributed by atoms with Crippen LogP contribution in [0.25, 0.3) is 0 Å². The van der Waals surface area contributed by atoms with Crippen LogP contribution < -0.4 is 4.74 Å². The number of hydrogen-bond acceptors (Lipinski definition) is 6. The Hall–Kier alpha value is -2.16. The highest BCUT2D eigenvalue weighted by atomic mass is 32.2. The number of methoxy groups -OCH3 is 1. The van der Waals surface area contributed by atoms with E-state index in [-0.39, 0.29) is 5.41 Å². The van der Waals surface area contributed by atoms with E-state index in [1.807, 2.05) is 36.4 Å². The molecule has 0 bridgehead atoms. The third-order valence-corrected chi connectivity index (χ3v) is 9.12. The standard InChI is InChI=1S/C26H33N3O3S2/c1-6-33-24-23(19-7-11-21(32-5)12-8-19)27-26(28-24)15-17-29(18-16-26)34(30,31)22-13-9-20(10-14-22)25(2,3)4/h7-14H,6,15-18H2,1-5H3. The number of aliphatic imine (C=N–C) groups is 2. The minimum atomic E-state index is -3.55. The van der Waals surface area contributed by atoms with Crippen molar-refractivity contribution in [1.82, 2.24) is 4.31 Å². The normalized spacial score (nSPS) is 18.6. The van der Waals surface area contributed by atoms with Gasteiger partial charge in [-0.2, -0.15) is 4.31 Å². The topological polar surface area (TPSA) is 71.3 Å². The van der Waals surface area contributed by atoms with Crippen LogP contribution in [0.3, 0.4) is 0 Å². The molecule has 2 aliphatic heterocycles. The van der Waals surface area contributed by atoms with E-state index in [1.165, 1.54) is 0 Å². The van der Waals surface area contributed by atoms with Crippen molar-refractivity contribution in [2.75, 3.05) is 26.0 Å². The van der Waals surface area contributed by atoms with Gasteiger partial charge in [0.05, 0.1) is 17.7 Å². The Labute approximate surface area is 207 Å². The molecule has 2 heterocycles. The third kappa shape index (κ3) is 4.95. The third-order valence-electron chi connectivity index (χ3n) is 6.36. The van der Waals surface area contributed by atoms with Gasteiger partial charge in [0.25, 0.3) is 0 Å². The molecule has 0 aliphatic carbocycles. The molecule has 6 nitrogen and oxygen atoms in total. The SMILES string of the molecule is CCSC1=NC2(CCN(S(=O)(=O)c3ccc(C(C)(C)C)cc3)CC2)N=C1c1ccc(OC)cc1. The van der Waals surface area contributed by atoms with Crippen LogP contribution in [0, 0.1) is 0 Å². The number of sulfonamides is 1. The lowest BCUT2D eigenvalue weighted by Gasteiger charge is -2.34. The first-order valence-corrected chi connectivity index (χ1v) is 14.1. The fourth-order valence-electron chi connectivity index (χ4n) is 4.28. The highest BCUT2D eigenvalue weighted by Gasteiger charge is 2.42. The number of ether oxygens (including phenoxy) is 1. The van der Waals surface area contributed by atoms with E-state index < -0.39 is 15.7 Å². The molecular formula is C26H33N3O3S2. The summed E-state index contributed by atoms with van der Waals surface area (Å²) in [6.07, 6.45) is 1.14. The second-order valence-electron chi connectivity index (χ2n) is 9.70. The quantitative estimate of drug-likeness (QED) is 0.572. The molecule has 1 spiro atoms. The Bertz CT molecular complexity index is 1190. The molecule has 34 heavy (non-hydrogen) atoms. The molecule has 0 aromatic heterocycles. The lowest BCUT2D eigenvalue weighted by atomic mass is 9.87. The van der Waals surface area contributed by atoms with Gasteiger partial charge in [-0.3, -0.25) is 4.99 Å². The molecule has 2 aromatic rings. The maximum atomic E-state index is 13.3. The second kappa shape index (κ2) is 9.47. The Balaban J connectivity index is 1.53. The van der Waals surface area contributed by atoms with E-state index in [1.54, 1.807) is 35.3 Å². The van der Waals surface area contributed by atoms with Gasteiger partial charge >= 0.3 is 0 Å². The largest absolute Gasteiger partial charge is 0.497 e. The van der Waals surface area contributed by atoms with Crippen molar-refractivity contribution in [2.24, 2.45) is 9.98 Å². The molecule has 0 N–H and O–H groups in total. The van der Waals surface area contributed by atoms with Gasteiger partial charge in [-0.1, -0.05) is 39.8 Å². The maximum Gasteiger partial charge on any atom is 0.243 e. The van der Waals surface area contributed by atoms with Crippen LogP contribution in [0.15, 0.2) is 63.4 Å². The Kier molecular flexibility index (Phi) is 6.95. The molecule has 2 aromatic carbocycles. The van der Waals surface area contributed by atoms with Crippen LogP contribution in [0.5, 0.6) is 5.75 Å². The molecule has 8 heteroatoms. The van der Waals surface area contributed by atoms with Crippen molar-refractivity contribution in [3.05, 3.63) is 59.7 Å². The van der Waals surface area contributed by atoms with E-state index in [2.05, 4.69) is 27.7 Å². The summed E-state index contributed by atoms with van der Waals surface area (Å²) in [5.74, 6) is 1.70. The van der Waals surface area contributed by atoms with Gasteiger partial charge in [0.2, 0.25) is 10.0 Å². The molecule has 0 amide bonds. The van der Waals surface area contributed by atoms with Gasteiger partial charge in [-0.05, 0) is 53.1 Å². The first-order valence-electron chi connectivity index (χ1n) is 11.7. The van der Waals surface area contributed by atoms with Crippen LogP contribution in [0.1, 0.15) is 51.7 Å². The van der Waals surface area contributed by atoms with Gasteiger partial charge in [-0.15, -0.1) is 11.8 Å². The fourth-order valence-corrected chi connectivity index (χ4v) is 6.53. The second-order valence-corrected chi connectivity index (χ2v) is 12.9. The molecule has 0 radical (unpaired) electrons. The molecule has 0 saturated carbocycles. The maximum absolute atomic E-state index is 13.3. The van der Waals surface area contributed by atoms with E-state index in [0.29, 0.717) is 30.8 Å². The van der Waals surface area contributed by atoms with E-state index in [0.717, 1.165) is 33.4 Å². The molecule has 1 fully saturated rings. The zero-order chi connectivity index (χ0) is 24.6. The fraction of sp³-hybridized carbons (Fsp3) is 0.462. The van der Waals surface area contributed by atoms with Crippen molar-refractivity contribution in [3.8, 4) is 5.75 Å². The highest BCUT2D eigenvalue weighted by molar-refractivity contribution is 8.15. The monoisotopic (exact) mass is 499 g/mol. The molecule has 2 aliphatic rings.